The molecule has 2 N–H and O–H groups in total. The molecule has 4 aliphatic rings. The Labute approximate surface area is 157 Å². The fourth-order valence-corrected chi connectivity index (χ4v) is 8.47. The fourth-order valence-electron chi connectivity index (χ4n) is 8.47. The summed E-state index contributed by atoms with van der Waals surface area (Å²) in [6, 6.07) is 0. The van der Waals surface area contributed by atoms with Crippen LogP contribution in [-0.2, 0) is 9.53 Å². The highest BCUT2D eigenvalue weighted by Crippen LogP contribution is 2.72. The zero-order valence-electron chi connectivity index (χ0n) is 16.9. The number of esters is 1. The molecule has 4 saturated carbocycles. The van der Waals surface area contributed by atoms with Crippen LogP contribution in [-0.4, -0.2) is 34.5 Å². The average molecular weight is 365 g/mol. The van der Waals surface area contributed by atoms with Crippen molar-refractivity contribution in [3.8, 4) is 0 Å². The van der Waals surface area contributed by atoms with E-state index in [2.05, 4.69) is 13.8 Å². The van der Waals surface area contributed by atoms with E-state index in [1.165, 1.54) is 6.92 Å². The molecule has 26 heavy (non-hydrogen) atoms. The van der Waals surface area contributed by atoms with Gasteiger partial charge in [0, 0.05) is 12.3 Å². The van der Waals surface area contributed by atoms with Crippen molar-refractivity contribution in [1.29, 1.82) is 0 Å². The Hall–Kier alpha value is -0.610. The SMILES string of the molecule is CC(=O)OCC1(C)CCCC2(C)C1CCC13CC(CC(O)C12)C(C)(O)C3. The molecule has 8 unspecified atom stereocenters. The highest BCUT2D eigenvalue weighted by molar-refractivity contribution is 5.65. The van der Waals surface area contributed by atoms with Crippen LogP contribution in [0.2, 0.25) is 0 Å². The van der Waals surface area contributed by atoms with E-state index >= 15 is 0 Å². The molecule has 2 bridgehead atoms. The van der Waals surface area contributed by atoms with Gasteiger partial charge in [0.1, 0.15) is 0 Å². The van der Waals surface area contributed by atoms with Gasteiger partial charge in [-0.3, -0.25) is 4.79 Å². The molecule has 0 saturated heterocycles. The minimum atomic E-state index is -0.630. The third-order valence-electron chi connectivity index (χ3n) is 9.16. The van der Waals surface area contributed by atoms with Crippen LogP contribution < -0.4 is 0 Å². The maximum absolute atomic E-state index is 11.4. The topological polar surface area (TPSA) is 66.8 Å². The molecule has 148 valence electrons. The van der Waals surface area contributed by atoms with Gasteiger partial charge in [0.15, 0.2) is 0 Å². The van der Waals surface area contributed by atoms with E-state index in [1.807, 2.05) is 6.92 Å². The zero-order valence-corrected chi connectivity index (χ0v) is 16.9. The molecule has 1 spiro atoms. The normalized spacial score (nSPS) is 55.8. The van der Waals surface area contributed by atoms with Crippen LogP contribution in [0.3, 0.4) is 0 Å². The third kappa shape index (κ3) is 2.51. The van der Waals surface area contributed by atoms with Gasteiger partial charge >= 0.3 is 5.97 Å². The van der Waals surface area contributed by atoms with Crippen molar-refractivity contribution in [1.82, 2.24) is 0 Å². The van der Waals surface area contributed by atoms with Gasteiger partial charge < -0.3 is 14.9 Å². The van der Waals surface area contributed by atoms with E-state index < -0.39 is 5.60 Å². The molecular formula is C22H36O4. The van der Waals surface area contributed by atoms with Crippen LogP contribution in [0.1, 0.15) is 79.1 Å². The molecule has 0 amide bonds. The molecule has 0 aromatic heterocycles. The third-order valence-corrected chi connectivity index (χ3v) is 9.16. The number of aliphatic hydroxyl groups excluding tert-OH is 1. The molecule has 8 atom stereocenters. The van der Waals surface area contributed by atoms with Gasteiger partial charge in [0.25, 0.3) is 0 Å². The molecule has 0 radical (unpaired) electrons. The van der Waals surface area contributed by atoms with Crippen molar-refractivity contribution in [2.45, 2.75) is 90.8 Å². The maximum atomic E-state index is 11.4. The van der Waals surface area contributed by atoms with Crippen LogP contribution in [0.25, 0.3) is 0 Å². The highest BCUT2D eigenvalue weighted by atomic mass is 16.5. The van der Waals surface area contributed by atoms with Crippen molar-refractivity contribution < 1.29 is 19.7 Å². The van der Waals surface area contributed by atoms with E-state index in [9.17, 15) is 15.0 Å². The summed E-state index contributed by atoms with van der Waals surface area (Å²) in [6.07, 6.45) is 7.93. The predicted octanol–water partition coefficient (Wildman–Crippen LogP) is 3.68. The Morgan fingerprint density at radius 3 is 2.62 bits per heavy atom. The Morgan fingerprint density at radius 1 is 1.19 bits per heavy atom. The quantitative estimate of drug-likeness (QED) is 0.734. The largest absolute Gasteiger partial charge is 0.465 e. The lowest BCUT2D eigenvalue weighted by molar-refractivity contribution is -0.198. The Kier molecular flexibility index (Phi) is 4.11. The molecule has 4 heteroatoms. The molecule has 4 aliphatic carbocycles. The summed E-state index contributed by atoms with van der Waals surface area (Å²) in [5.74, 6) is 0.773. The first-order chi connectivity index (χ1) is 12.0. The second kappa shape index (κ2) is 5.70. The molecule has 0 aromatic rings. The maximum Gasteiger partial charge on any atom is 0.302 e. The van der Waals surface area contributed by atoms with Crippen LogP contribution in [0, 0.1) is 34.0 Å². The number of carbonyl (C=O) groups is 1. The lowest BCUT2D eigenvalue weighted by Crippen LogP contribution is -2.61. The Balaban J connectivity index is 1.69. The summed E-state index contributed by atoms with van der Waals surface area (Å²) in [7, 11) is 0. The standard InChI is InChI=1S/C22H36O4/c1-14(23)26-13-19(2)7-5-8-20(3)17(19)6-9-22-11-15(21(4,25)12-22)10-16(24)18(20)22/h15-18,24-25H,5-13H2,1-4H3. The summed E-state index contributed by atoms with van der Waals surface area (Å²) in [5.41, 5.74) is -0.473. The number of hydrogen-bond acceptors (Lipinski definition) is 4. The molecule has 0 heterocycles. The fraction of sp³-hybridized carbons (Fsp3) is 0.955. The van der Waals surface area contributed by atoms with Crippen molar-refractivity contribution in [2.24, 2.45) is 34.0 Å². The lowest BCUT2D eigenvalue weighted by atomic mass is 9.40. The van der Waals surface area contributed by atoms with Crippen LogP contribution in [0.5, 0.6) is 0 Å². The minimum Gasteiger partial charge on any atom is -0.465 e. The van der Waals surface area contributed by atoms with E-state index in [1.54, 1.807) is 0 Å². The summed E-state index contributed by atoms with van der Waals surface area (Å²) in [4.78, 5) is 11.4. The Bertz CT molecular complexity index is 601. The summed E-state index contributed by atoms with van der Waals surface area (Å²) < 4.78 is 5.49. The van der Waals surface area contributed by atoms with Crippen LogP contribution in [0.4, 0.5) is 0 Å². The van der Waals surface area contributed by atoms with Crippen LogP contribution in [0.15, 0.2) is 0 Å². The number of rotatable bonds is 2. The number of hydrogen-bond donors (Lipinski definition) is 2. The average Bonchev–Trinajstić information content (AvgIpc) is 2.70. The predicted molar refractivity (Wildman–Crippen MR) is 99.3 cm³/mol. The summed E-state index contributed by atoms with van der Waals surface area (Å²) in [5, 5.41) is 22.2. The molecule has 0 aromatic carbocycles. The lowest BCUT2D eigenvalue weighted by Gasteiger charge is -2.65. The summed E-state index contributed by atoms with van der Waals surface area (Å²) >= 11 is 0. The van der Waals surface area contributed by atoms with E-state index in [0.717, 1.165) is 51.4 Å². The Morgan fingerprint density at radius 2 is 1.92 bits per heavy atom. The first kappa shape index (κ1) is 18.7. The van der Waals surface area contributed by atoms with Gasteiger partial charge in [0.2, 0.25) is 0 Å². The molecule has 0 aliphatic heterocycles. The molecule has 4 nitrogen and oxygen atoms in total. The second-order valence-electron chi connectivity index (χ2n) is 11.0. The minimum absolute atomic E-state index is 0.00201. The van der Waals surface area contributed by atoms with E-state index in [0.29, 0.717) is 12.5 Å². The number of fused-ring (bicyclic) bond motifs is 3. The van der Waals surface area contributed by atoms with Gasteiger partial charge in [-0.2, -0.15) is 0 Å². The van der Waals surface area contributed by atoms with Gasteiger partial charge in [-0.1, -0.05) is 20.3 Å². The second-order valence-corrected chi connectivity index (χ2v) is 11.0. The molecular weight excluding hydrogens is 328 g/mol. The number of aliphatic hydroxyl groups is 2. The van der Waals surface area contributed by atoms with Crippen LogP contribution >= 0.6 is 0 Å². The van der Waals surface area contributed by atoms with Gasteiger partial charge in [0.05, 0.1) is 18.3 Å². The first-order valence-electron chi connectivity index (χ1n) is 10.6. The van der Waals surface area contributed by atoms with Crippen molar-refractivity contribution in [3.05, 3.63) is 0 Å². The zero-order chi connectivity index (χ0) is 19.0. The highest BCUT2D eigenvalue weighted by Gasteiger charge is 2.69. The monoisotopic (exact) mass is 364 g/mol. The van der Waals surface area contributed by atoms with Crippen molar-refractivity contribution in [3.63, 3.8) is 0 Å². The van der Waals surface area contributed by atoms with E-state index in [-0.39, 0.29) is 40.2 Å². The van der Waals surface area contributed by atoms with Crippen molar-refractivity contribution >= 4 is 5.97 Å². The first-order valence-corrected chi connectivity index (χ1v) is 10.6. The number of ether oxygens (including phenoxy) is 1. The van der Waals surface area contributed by atoms with Gasteiger partial charge in [-0.05, 0) is 80.5 Å². The van der Waals surface area contributed by atoms with Crippen molar-refractivity contribution in [2.75, 3.05) is 6.61 Å². The smallest absolute Gasteiger partial charge is 0.302 e. The number of carbonyl (C=O) groups excluding carboxylic acids is 1. The van der Waals surface area contributed by atoms with Gasteiger partial charge in [-0.25, -0.2) is 0 Å². The van der Waals surface area contributed by atoms with E-state index in [4.69, 9.17) is 4.74 Å². The molecule has 4 rings (SSSR count). The molecule has 4 fully saturated rings. The van der Waals surface area contributed by atoms with Gasteiger partial charge in [-0.15, -0.1) is 0 Å². The summed E-state index contributed by atoms with van der Waals surface area (Å²) in [6.45, 7) is 8.66.